The lowest BCUT2D eigenvalue weighted by Crippen LogP contribution is -2.49. The molecule has 1 aliphatic rings. The van der Waals surface area contributed by atoms with Gasteiger partial charge in [-0.05, 0) is 24.1 Å². The minimum Gasteiger partial charge on any atom is -0.495 e. The molecule has 0 bridgehead atoms. The van der Waals surface area contributed by atoms with Gasteiger partial charge < -0.3 is 14.4 Å². The Kier molecular flexibility index (Phi) is 3.96. The van der Waals surface area contributed by atoms with E-state index < -0.39 is 0 Å². The first-order chi connectivity index (χ1) is 9.14. The van der Waals surface area contributed by atoms with E-state index in [1.807, 2.05) is 13.1 Å². The molecule has 1 aromatic carbocycles. The van der Waals surface area contributed by atoms with E-state index in [1.165, 1.54) is 5.56 Å². The van der Waals surface area contributed by atoms with Crippen LogP contribution in [0.4, 0.5) is 5.69 Å². The molecule has 1 heterocycles. The number of hydrogen-bond donors (Lipinski definition) is 0. The SMILES string of the molecule is CCc1ccc(OC)c(N(C)CC2(C#N)COC2)c1. The van der Waals surface area contributed by atoms with Crippen LogP contribution in [0.3, 0.4) is 0 Å². The third-order valence-electron chi connectivity index (χ3n) is 3.60. The van der Waals surface area contributed by atoms with Crippen molar-refractivity contribution in [3.63, 3.8) is 0 Å². The predicted molar refractivity (Wildman–Crippen MR) is 74.5 cm³/mol. The van der Waals surface area contributed by atoms with E-state index in [0.29, 0.717) is 19.8 Å². The van der Waals surface area contributed by atoms with Crippen LogP contribution in [-0.4, -0.2) is 33.9 Å². The average Bonchev–Trinajstić information content (AvgIpc) is 2.41. The maximum Gasteiger partial charge on any atom is 0.142 e. The maximum atomic E-state index is 9.27. The van der Waals surface area contributed by atoms with Crippen LogP contribution in [0, 0.1) is 16.7 Å². The van der Waals surface area contributed by atoms with Gasteiger partial charge >= 0.3 is 0 Å². The van der Waals surface area contributed by atoms with E-state index in [0.717, 1.165) is 17.9 Å². The van der Waals surface area contributed by atoms with Gasteiger partial charge in [-0.1, -0.05) is 13.0 Å². The number of hydrogen-bond acceptors (Lipinski definition) is 4. The van der Waals surface area contributed by atoms with E-state index in [9.17, 15) is 5.26 Å². The van der Waals surface area contributed by atoms with E-state index in [-0.39, 0.29) is 5.41 Å². The third kappa shape index (κ3) is 2.66. The second kappa shape index (κ2) is 5.50. The molecule has 0 N–H and O–H groups in total. The van der Waals surface area contributed by atoms with Gasteiger partial charge in [-0.3, -0.25) is 0 Å². The molecule has 0 saturated carbocycles. The van der Waals surface area contributed by atoms with Crippen LogP contribution in [-0.2, 0) is 11.2 Å². The Balaban J connectivity index is 2.22. The molecular weight excluding hydrogens is 240 g/mol. The summed E-state index contributed by atoms with van der Waals surface area (Å²) in [5, 5.41) is 9.27. The summed E-state index contributed by atoms with van der Waals surface area (Å²) in [5.41, 5.74) is 1.92. The summed E-state index contributed by atoms with van der Waals surface area (Å²) in [5.74, 6) is 0.841. The number of methoxy groups -OCH3 is 1. The lowest BCUT2D eigenvalue weighted by atomic mass is 9.87. The summed E-state index contributed by atoms with van der Waals surface area (Å²) in [6.07, 6.45) is 0.983. The minimum absolute atomic E-state index is 0.373. The van der Waals surface area contributed by atoms with Crippen molar-refractivity contribution >= 4 is 5.69 Å². The normalized spacial score (nSPS) is 16.3. The van der Waals surface area contributed by atoms with Crippen LogP contribution in [0.1, 0.15) is 12.5 Å². The van der Waals surface area contributed by atoms with E-state index >= 15 is 0 Å². The van der Waals surface area contributed by atoms with Crippen molar-refractivity contribution in [2.24, 2.45) is 5.41 Å². The molecule has 0 amide bonds. The lowest BCUT2D eigenvalue weighted by Gasteiger charge is -2.38. The van der Waals surface area contributed by atoms with Crippen molar-refractivity contribution in [3.05, 3.63) is 23.8 Å². The summed E-state index contributed by atoms with van der Waals surface area (Å²) in [6.45, 7) is 3.82. The monoisotopic (exact) mass is 260 g/mol. The highest BCUT2D eigenvalue weighted by molar-refractivity contribution is 5.60. The Morgan fingerprint density at radius 3 is 2.68 bits per heavy atom. The highest BCUT2D eigenvalue weighted by Gasteiger charge is 2.40. The number of rotatable bonds is 5. The van der Waals surface area contributed by atoms with Crippen molar-refractivity contribution in [1.29, 1.82) is 5.26 Å². The van der Waals surface area contributed by atoms with Gasteiger partial charge in [0.05, 0.1) is 32.1 Å². The molecule has 1 aromatic rings. The summed E-state index contributed by atoms with van der Waals surface area (Å²) < 4.78 is 10.6. The largest absolute Gasteiger partial charge is 0.495 e. The summed E-state index contributed by atoms with van der Waals surface area (Å²) >= 11 is 0. The Hall–Kier alpha value is -1.73. The van der Waals surface area contributed by atoms with Gasteiger partial charge in [-0.15, -0.1) is 0 Å². The summed E-state index contributed by atoms with van der Waals surface area (Å²) in [7, 11) is 3.67. The molecule has 0 aliphatic carbocycles. The summed E-state index contributed by atoms with van der Waals surface area (Å²) in [4.78, 5) is 2.09. The van der Waals surface area contributed by atoms with Crippen LogP contribution >= 0.6 is 0 Å². The third-order valence-corrected chi connectivity index (χ3v) is 3.60. The Morgan fingerprint density at radius 1 is 1.47 bits per heavy atom. The van der Waals surface area contributed by atoms with Crippen LogP contribution in [0.2, 0.25) is 0 Å². The van der Waals surface area contributed by atoms with Crippen LogP contribution in [0.5, 0.6) is 5.75 Å². The van der Waals surface area contributed by atoms with Gasteiger partial charge in [0.2, 0.25) is 0 Å². The average molecular weight is 260 g/mol. The van der Waals surface area contributed by atoms with Gasteiger partial charge in [0.15, 0.2) is 0 Å². The lowest BCUT2D eigenvalue weighted by molar-refractivity contribution is -0.0716. The second-order valence-electron chi connectivity index (χ2n) is 5.10. The molecule has 2 rings (SSSR count). The van der Waals surface area contributed by atoms with E-state index in [4.69, 9.17) is 9.47 Å². The Labute approximate surface area is 114 Å². The van der Waals surface area contributed by atoms with Crippen molar-refractivity contribution < 1.29 is 9.47 Å². The fraction of sp³-hybridized carbons (Fsp3) is 0.533. The maximum absolute atomic E-state index is 9.27. The Morgan fingerprint density at radius 2 is 2.21 bits per heavy atom. The zero-order valence-corrected chi connectivity index (χ0v) is 11.8. The zero-order chi connectivity index (χ0) is 13.9. The number of anilines is 1. The van der Waals surface area contributed by atoms with Gasteiger partial charge in [-0.2, -0.15) is 5.26 Å². The molecule has 1 fully saturated rings. The fourth-order valence-corrected chi connectivity index (χ4v) is 2.33. The standard InChI is InChI=1S/C15H20N2O2/c1-4-12-5-6-14(18-3)13(7-12)17(2)9-15(8-16)10-19-11-15/h5-7H,4,9-11H2,1-3H3. The molecule has 0 spiro atoms. The highest BCUT2D eigenvalue weighted by atomic mass is 16.5. The van der Waals surface area contributed by atoms with Crippen LogP contribution < -0.4 is 9.64 Å². The molecular formula is C15H20N2O2. The van der Waals surface area contributed by atoms with Gasteiger partial charge in [-0.25, -0.2) is 0 Å². The first-order valence-corrected chi connectivity index (χ1v) is 6.51. The predicted octanol–water partition coefficient (Wildman–Crippen LogP) is 2.23. The molecule has 102 valence electrons. The van der Waals surface area contributed by atoms with Crippen LogP contribution in [0.25, 0.3) is 0 Å². The van der Waals surface area contributed by atoms with Crippen molar-refractivity contribution in [3.8, 4) is 11.8 Å². The second-order valence-corrected chi connectivity index (χ2v) is 5.10. The topological polar surface area (TPSA) is 45.5 Å². The van der Waals surface area contributed by atoms with Crippen molar-refractivity contribution in [1.82, 2.24) is 0 Å². The van der Waals surface area contributed by atoms with E-state index in [2.05, 4.69) is 30.0 Å². The molecule has 0 atom stereocenters. The zero-order valence-electron chi connectivity index (χ0n) is 11.8. The number of benzene rings is 1. The quantitative estimate of drug-likeness (QED) is 0.814. The van der Waals surface area contributed by atoms with Crippen molar-refractivity contribution in [2.45, 2.75) is 13.3 Å². The first-order valence-electron chi connectivity index (χ1n) is 6.51. The molecule has 1 aliphatic heterocycles. The number of ether oxygens (including phenoxy) is 2. The first kappa shape index (κ1) is 13.7. The number of aryl methyl sites for hydroxylation is 1. The Bertz CT molecular complexity index is 489. The van der Waals surface area contributed by atoms with Crippen LogP contribution in [0.15, 0.2) is 18.2 Å². The summed E-state index contributed by atoms with van der Waals surface area (Å²) in [6, 6.07) is 8.56. The molecule has 4 heteroatoms. The van der Waals surface area contributed by atoms with Gasteiger partial charge in [0, 0.05) is 13.6 Å². The smallest absolute Gasteiger partial charge is 0.142 e. The van der Waals surface area contributed by atoms with Crippen molar-refractivity contribution in [2.75, 3.05) is 38.8 Å². The van der Waals surface area contributed by atoms with E-state index in [1.54, 1.807) is 7.11 Å². The van der Waals surface area contributed by atoms with Gasteiger partial charge in [0.25, 0.3) is 0 Å². The molecule has 0 unspecified atom stereocenters. The molecule has 0 radical (unpaired) electrons. The number of nitrogens with zero attached hydrogens (tertiary/aromatic N) is 2. The fourth-order valence-electron chi connectivity index (χ4n) is 2.33. The number of nitriles is 1. The molecule has 1 saturated heterocycles. The highest BCUT2D eigenvalue weighted by Crippen LogP contribution is 2.33. The molecule has 0 aromatic heterocycles. The minimum atomic E-state index is -0.373. The molecule has 19 heavy (non-hydrogen) atoms. The molecule has 4 nitrogen and oxygen atoms in total. The van der Waals surface area contributed by atoms with Gasteiger partial charge in [0.1, 0.15) is 11.2 Å².